The van der Waals surface area contributed by atoms with Crippen molar-refractivity contribution in [2.24, 2.45) is 0 Å². The van der Waals surface area contributed by atoms with Gasteiger partial charge >= 0.3 is 0 Å². The number of rotatable bonds is 4. The van der Waals surface area contributed by atoms with Gasteiger partial charge in [-0.15, -0.1) is 0 Å². The summed E-state index contributed by atoms with van der Waals surface area (Å²) in [5, 5.41) is 11.6. The van der Waals surface area contributed by atoms with Gasteiger partial charge in [-0.1, -0.05) is 6.07 Å². The second-order valence-electron chi connectivity index (χ2n) is 5.61. The average molecular weight is 321 g/mol. The second kappa shape index (κ2) is 7.42. The Kier molecular flexibility index (Phi) is 5.33. The highest BCUT2D eigenvalue weighted by Gasteiger charge is 2.16. The van der Waals surface area contributed by atoms with Gasteiger partial charge in [0.2, 0.25) is 11.8 Å². The van der Waals surface area contributed by atoms with E-state index in [9.17, 15) is 9.59 Å². The SMILES string of the molecule is CC(=O)N(CC(=O)Nc1ccc(C)c(C)c1)c1ccc(C#N)cc1. The first-order valence-electron chi connectivity index (χ1n) is 7.56. The summed E-state index contributed by atoms with van der Waals surface area (Å²) in [6, 6.07) is 14.2. The van der Waals surface area contributed by atoms with Gasteiger partial charge in [-0.3, -0.25) is 9.59 Å². The van der Waals surface area contributed by atoms with Crippen LogP contribution < -0.4 is 10.2 Å². The van der Waals surface area contributed by atoms with Crippen molar-refractivity contribution in [1.82, 2.24) is 0 Å². The number of nitrogens with one attached hydrogen (secondary N) is 1. The van der Waals surface area contributed by atoms with Crippen LogP contribution in [0.5, 0.6) is 0 Å². The van der Waals surface area contributed by atoms with E-state index in [4.69, 9.17) is 5.26 Å². The van der Waals surface area contributed by atoms with E-state index in [-0.39, 0.29) is 18.4 Å². The number of amides is 2. The first kappa shape index (κ1) is 17.2. The Hall–Kier alpha value is -3.13. The fraction of sp³-hybridized carbons (Fsp3) is 0.211. The smallest absolute Gasteiger partial charge is 0.244 e. The predicted octanol–water partition coefficient (Wildman–Crippen LogP) is 3.17. The second-order valence-corrected chi connectivity index (χ2v) is 5.61. The van der Waals surface area contributed by atoms with Crippen LogP contribution in [0.2, 0.25) is 0 Å². The fourth-order valence-electron chi connectivity index (χ4n) is 2.26. The molecule has 0 saturated carbocycles. The van der Waals surface area contributed by atoms with Crippen molar-refractivity contribution in [3.05, 3.63) is 59.2 Å². The number of anilines is 2. The van der Waals surface area contributed by atoms with Gasteiger partial charge in [-0.25, -0.2) is 0 Å². The Morgan fingerprint density at radius 2 is 1.75 bits per heavy atom. The Morgan fingerprint density at radius 1 is 1.08 bits per heavy atom. The van der Waals surface area contributed by atoms with E-state index in [0.29, 0.717) is 16.9 Å². The molecular weight excluding hydrogens is 302 g/mol. The van der Waals surface area contributed by atoms with Gasteiger partial charge in [0, 0.05) is 18.3 Å². The van der Waals surface area contributed by atoms with Crippen molar-refractivity contribution >= 4 is 23.2 Å². The Balaban J connectivity index is 2.12. The molecule has 0 aromatic heterocycles. The number of nitrogens with zero attached hydrogens (tertiary/aromatic N) is 2. The first-order valence-corrected chi connectivity index (χ1v) is 7.56. The predicted molar refractivity (Wildman–Crippen MR) is 93.7 cm³/mol. The van der Waals surface area contributed by atoms with E-state index in [1.807, 2.05) is 38.1 Å². The molecule has 0 unspecified atom stereocenters. The molecule has 0 aliphatic carbocycles. The average Bonchev–Trinajstić information content (AvgIpc) is 2.56. The Bertz CT molecular complexity index is 804. The summed E-state index contributed by atoms with van der Waals surface area (Å²) in [5.74, 6) is -0.521. The minimum Gasteiger partial charge on any atom is -0.325 e. The van der Waals surface area contributed by atoms with Crippen LogP contribution in [0.25, 0.3) is 0 Å². The van der Waals surface area contributed by atoms with Gasteiger partial charge < -0.3 is 10.2 Å². The summed E-state index contributed by atoms with van der Waals surface area (Å²) >= 11 is 0. The van der Waals surface area contributed by atoms with Crippen LogP contribution in [-0.4, -0.2) is 18.4 Å². The minimum atomic E-state index is -0.280. The van der Waals surface area contributed by atoms with E-state index < -0.39 is 0 Å². The van der Waals surface area contributed by atoms with Crippen molar-refractivity contribution in [1.29, 1.82) is 5.26 Å². The van der Waals surface area contributed by atoms with Crippen molar-refractivity contribution < 1.29 is 9.59 Å². The van der Waals surface area contributed by atoms with Gasteiger partial charge in [0.15, 0.2) is 0 Å². The van der Waals surface area contributed by atoms with Gasteiger partial charge in [-0.2, -0.15) is 5.26 Å². The minimum absolute atomic E-state index is 0.0891. The number of hydrogen-bond donors (Lipinski definition) is 1. The molecule has 0 saturated heterocycles. The summed E-state index contributed by atoms with van der Waals surface area (Å²) in [4.78, 5) is 25.5. The summed E-state index contributed by atoms with van der Waals surface area (Å²) in [6.45, 7) is 5.29. The van der Waals surface area contributed by atoms with Crippen molar-refractivity contribution in [3.63, 3.8) is 0 Å². The number of carbonyl (C=O) groups is 2. The van der Waals surface area contributed by atoms with Crippen molar-refractivity contribution in [2.45, 2.75) is 20.8 Å². The summed E-state index contributed by atoms with van der Waals surface area (Å²) in [5.41, 5.74) is 4.02. The molecule has 2 aromatic rings. The molecule has 0 bridgehead atoms. The fourth-order valence-corrected chi connectivity index (χ4v) is 2.26. The Labute approximate surface area is 141 Å². The number of benzene rings is 2. The molecule has 0 heterocycles. The van der Waals surface area contributed by atoms with Crippen molar-refractivity contribution in [3.8, 4) is 6.07 Å². The largest absolute Gasteiger partial charge is 0.325 e. The maximum absolute atomic E-state index is 12.3. The quantitative estimate of drug-likeness (QED) is 0.940. The Morgan fingerprint density at radius 3 is 2.29 bits per heavy atom. The summed E-state index contributed by atoms with van der Waals surface area (Å²) in [7, 11) is 0. The standard InChI is InChI=1S/C19H19N3O2/c1-13-4-7-17(10-14(13)2)21-19(24)12-22(15(3)23)18-8-5-16(11-20)6-9-18/h4-10H,12H2,1-3H3,(H,21,24). The van der Waals surface area contributed by atoms with Gasteiger partial charge in [0.05, 0.1) is 11.6 Å². The van der Waals surface area contributed by atoms with E-state index in [1.54, 1.807) is 24.3 Å². The molecule has 0 radical (unpaired) electrons. The molecular formula is C19H19N3O2. The lowest BCUT2D eigenvalue weighted by atomic mass is 10.1. The van der Waals surface area contributed by atoms with Crippen LogP contribution in [0.15, 0.2) is 42.5 Å². The molecule has 2 amide bonds. The van der Waals surface area contributed by atoms with E-state index >= 15 is 0 Å². The molecule has 1 N–H and O–H groups in total. The molecule has 122 valence electrons. The molecule has 0 atom stereocenters. The number of nitriles is 1. The lowest BCUT2D eigenvalue weighted by Crippen LogP contribution is -2.36. The first-order chi connectivity index (χ1) is 11.4. The zero-order valence-corrected chi connectivity index (χ0v) is 14.0. The topological polar surface area (TPSA) is 73.2 Å². The van der Waals surface area contributed by atoms with Crippen LogP contribution >= 0.6 is 0 Å². The maximum Gasteiger partial charge on any atom is 0.244 e. The third-order valence-electron chi connectivity index (χ3n) is 3.78. The lowest BCUT2D eigenvalue weighted by molar-refractivity contribution is -0.120. The molecule has 0 fully saturated rings. The van der Waals surface area contributed by atoms with Gasteiger partial charge in [0.25, 0.3) is 0 Å². The van der Waals surface area contributed by atoms with E-state index in [2.05, 4.69) is 5.32 Å². The van der Waals surface area contributed by atoms with Crippen LogP contribution in [0.1, 0.15) is 23.6 Å². The zero-order valence-electron chi connectivity index (χ0n) is 14.0. The van der Waals surface area contributed by atoms with Crippen molar-refractivity contribution in [2.75, 3.05) is 16.8 Å². The van der Waals surface area contributed by atoms with E-state index in [1.165, 1.54) is 11.8 Å². The van der Waals surface area contributed by atoms with E-state index in [0.717, 1.165) is 11.1 Å². The summed E-state index contributed by atoms with van der Waals surface area (Å²) < 4.78 is 0. The third kappa shape index (κ3) is 4.20. The highest BCUT2D eigenvalue weighted by molar-refractivity contribution is 6.01. The molecule has 0 aliphatic heterocycles. The van der Waals surface area contributed by atoms with Crippen LogP contribution in [0, 0.1) is 25.2 Å². The number of aryl methyl sites for hydroxylation is 2. The maximum atomic E-state index is 12.3. The third-order valence-corrected chi connectivity index (χ3v) is 3.78. The monoisotopic (exact) mass is 321 g/mol. The molecule has 0 aliphatic rings. The van der Waals surface area contributed by atoms with Gasteiger partial charge in [0.1, 0.15) is 6.54 Å². The normalized spacial score (nSPS) is 9.92. The lowest BCUT2D eigenvalue weighted by Gasteiger charge is -2.21. The molecule has 2 aromatic carbocycles. The molecule has 5 nitrogen and oxygen atoms in total. The number of carbonyl (C=O) groups excluding carboxylic acids is 2. The molecule has 2 rings (SSSR count). The molecule has 24 heavy (non-hydrogen) atoms. The zero-order chi connectivity index (χ0) is 17.7. The highest BCUT2D eigenvalue weighted by Crippen LogP contribution is 2.17. The van der Waals surface area contributed by atoms with Crippen LogP contribution in [0.3, 0.4) is 0 Å². The summed E-state index contributed by atoms with van der Waals surface area (Å²) in [6.07, 6.45) is 0. The molecule has 5 heteroatoms. The molecule has 0 spiro atoms. The number of hydrogen-bond acceptors (Lipinski definition) is 3. The highest BCUT2D eigenvalue weighted by atomic mass is 16.2. The van der Waals surface area contributed by atoms with Crippen LogP contribution in [-0.2, 0) is 9.59 Å². The van der Waals surface area contributed by atoms with Gasteiger partial charge in [-0.05, 0) is 61.4 Å². The van der Waals surface area contributed by atoms with Crippen LogP contribution in [0.4, 0.5) is 11.4 Å².